The molecule has 2 aromatic rings. The highest BCUT2D eigenvalue weighted by Gasteiger charge is 2.25. The number of hydrogen-bond donors (Lipinski definition) is 3. The Morgan fingerprint density at radius 2 is 1.77 bits per heavy atom. The molecule has 0 fully saturated rings. The molecule has 0 unspecified atom stereocenters. The van der Waals surface area contributed by atoms with Gasteiger partial charge >= 0.3 is 0 Å². The van der Waals surface area contributed by atoms with Gasteiger partial charge < -0.3 is 15.7 Å². The first-order chi connectivity index (χ1) is 18.4. The van der Waals surface area contributed by atoms with Crippen molar-refractivity contribution in [2.75, 3.05) is 25.4 Å². The van der Waals surface area contributed by atoms with Crippen molar-refractivity contribution >= 4 is 15.9 Å². The molecule has 1 aromatic heterocycles. The number of sulfonamides is 1. The van der Waals surface area contributed by atoms with E-state index in [1.165, 1.54) is 4.31 Å². The Labute approximate surface area is 230 Å². The van der Waals surface area contributed by atoms with Crippen LogP contribution in [0, 0.1) is 17.6 Å². The quantitative estimate of drug-likeness (QED) is 0.250. The number of carbonyl (C=O) groups is 1. The summed E-state index contributed by atoms with van der Waals surface area (Å²) in [6, 6.07) is 2.09. The third-order valence-electron chi connectivity index (χ3n) is 6.01. The van der Waals surface area contributed by atoms with E-state index in [1.54, 1.807) is 10.9 Å². The maximum absolute atomic E-state index is 13.8. The fourth-order valence-corrected chi connectivity index (χ4v) is 5.81. The van der Waals surface area contributed by atoms with Crippen molar-refractivity contribution in [2.24, 2.45) is 5.92 Å². The SMILES string of the molecule is CCCN(CCC)S(=O)(=O)CCC(=O)N[C@@H](Cc1cc(F)cc(F)c1)[C@H](O)CNCc1cnnn1CC(C)C. The fourth-order valence-electron chi connectivity index (χ4n) is 4.19. The van der Waals surface area contributed by atoms with Crippen molar-refractivity contribution in [1.82, 2.24) is 29.9 Å². The van der Waals surface area contributed by atoms with Crippen molar-refractivity contribution in [3.63, 3.8) is 0 Å². The monoisotopic (exact) mass is 572 g/mol. The summed E-state index contributed by atoms with van der Waals surface area (Å²) in [4.78, 5) is 12.8. The number of benzene rings is 1. The van der Waals surface area contributed by atoms with E-state index in [0.717, 1.165) is 23.9 Å². The van der Waals surface area contributed by atoms with Gasteiger partial charge in [0.2, 0.25) is 15.9 Å². The molecule has 2 rings (SSSR count). The van der Waals surface area contributed by atoms with Crippen LogP contribution in [0.1, 0.15) is 58.2 Å². The smallest absolute Gasteiger partial charge is 0.221 e. The van der Waals surface area contributed by atoms with Gasteiger partial charge in [-0.05, 0) is 42.9 Å². The number of aliphatic hydroxyl groups is 1. The third kappa shape index (κ3) is 11.3. The van der Waals surface area contributed by atoms with Crippen LogP contribution in [0.2, 0.25) is 0 Å². The van der Waals surface area contributed by atoms with E-state index in [2.05, 4.69) is 34.8 Å². The number of hydrogen-bond acceptors (Lipinski definition) is 7. The lowest BCUT2D eigenvalue weighted by Crippen LogP contribution is -2.49. The van der Waals surface area contributed by atoms with Crippen LogP contribution < -0.4 is 10.6 Å². The summed E-state index contributed by atoms with van der Waals surface area (Å²) in [6.45, 7) is 9.72. The van der Waals surface area contributed by atoms with Crippen LogP contribution in [0.25, 0.3) is 0 Å². The lowest BCUT2D eigenvalue weighted by molar-refractivity contribution is -0.122. The normalized spacial score (nSPS) is 13.7. The first-order valence-electron chi connectivity index (χ1n) is 13.4. The second-order valence-electron chi connectivity index (χ2n) is 10.1. The maximum Gasteiger partial charge on any atom is 0.221 e. The first kappa shape index (κ1) is 32.7. The second kappa shape index (κ2) is 15.9. The van der Waals surface area contributed by atoms with Gasteiger partial charge in [-0.25, -0.2) is 26.2 Å². The fraction of sp³-hybridized carbons (Fsp3) is 0.654. The first-order valence-corrected chi connectivity index (χ1v) is 15.0. The summed E-state index contributed by atoms with van der Waals surface area (Å²) in [5.41, 5.74) is 1.07. The van der Waals surface area contributed by atoms with Gasteiger partial charge in [0.1, 0.15) is 11.6 Å². The number of nitrogens with zero attached hydrogens (tertiary/aromatic N) is 4. The molecule has 0 saturated carbocycles. The molecule has 13 heteroatoms. The minimum Gasteiger partial charge on any atom is -0.390 e. The van der Waals surface area contributed by atoms with Crippen LogP contribution in [0.5, 0.6) is 0 Å². The van der Waals surface area contributed by atoms with Gasteiger partial charge in [0.25, 0.3) is 0 Å². The second-order valence-corrected chi connectivity index (χ2v) is 12.2. The van der Waals surface area contributed by atoms with Gasteiger partial charge in [-0.3, -0.25) is 4.79 Å². The summed E-state index contributed by atoms with van der Waals surface area (Å²) in [5.74, 6) is -2.13. The predicted octanol–water partition coefficient (Wildman–Crippen LogP) is 2.23. The molecular weight excluding hydrogens is 530 g/mol. The summed E-state index contributed by atoms with van der Waals surface area (Å²) >= 11 is 0. The highest BCUT2D eigenvalue weighted by Crippen LogP contribution is 2.13. The van der Waals surface area contributed by atoms with Crippen LogP contribution in [-0.4, -0.2) is 76.3 Å². The Kier molecular flexibility index (Phi) is 13.4. The van der Waals surface area contributed by atoms with Crippen LogP contribution in [0.15, 0.2) is 24.4 Å². The standard InChI is InChI=1S/C26H42F2N6O4S/c1-5-8-33(9-6-2)39(37,38)10-7-26(36)31-24(13-20-11-21(27)14-22(28)12-20)25(35)17-29-15-23-16-30-32-34(23)18-19(3)4/h11-12,14,16,19,24-25,29,35H,5-10,13,15,17-18H2,1-4H3,(H,31,36)/t24-,25+/m0/s1. The molecule has 0 bridgehead atoms. The summed E-state index contributed by atoms with van der Waals surface area (Å²) in [6.07, 6.45) is 1.44. The summed E-state index contributed by atoms with van der Waals surface area (Å²) in [5, 5.41) is 24.7. The van der Waals surface area contributed by atoms with E-state index in [4.69, 9.17) is 0 Å². The van der Waals surface area contributed by atoms with E-state index in [-0.39, 0.29) is 30.7 Å². The zero-order valence-corrected chi connectivity index (χ0v) is 24.1. The van der Waals surface area contributed by atoms with Crippen molar-refractivity contribution in [3.8, 4) is 0 Å². The lowest BCUT2D eigenvalue weighted by Gasteiger charge is -2.25. The average Bonchev–Trinajstić information content (AvgIpc) is 3.27. The van der Waals surface area contributed by atoms with Gasteiger partial charge in [0.05, 0.1) is 29.8 Å². The zero-order chi connectivity index (χ0) is 29.0. The van der Waals surface area contributed by atoms with Crippen molar-refractivity contribution in [2.45, 2.75) is 78.6 Å². The molecule has 39 heavy (non-hydrogen) atoms. The number of rotatable bonds is 18. The molecule has 0 aliphatic carbocycles. The predicted molar refractivity (Wildman–Crippen MR) is 145 cm³/mol. The molecule has 10 nitrogen and oxygen atoms in total. The molecule has 0 saturated heterocycles. The molecule has 1 amide bonds. The molecule has 220 valence electrons. The molecular formula is C26H42F2N6O4S. The van der Waals surface area contributed by atoms with Gasteiger partial charge in [-0.2, -0.15) is 0 Å². The van der Waals surface area contributed by atoms with Gasteiger partial charge in [-0.1, -0.05) is 32.9 Å². The molecule has 0 spiro atoms. The van der Waals surface area contributed by atoms with Crippen LogP contribution in [0.3, 0.4) is 0 Å². The highest BCUT2D eigenvalue weighted by atomic mass is 32.2. The Balaban J connectivity index is 2.07. The molecule has 1 aromatic carbocycles. The van der Waals surface area contributed by atoms with Crippen LogP contribution in [0.4, 0.5) is 8.78 Å². The topological polar surface area (TPSA) is 129 Å². The molecule has 0 aliphatic heterocycles. The van der Waals surface area contributed by atoms with E-state index < -0.39 is 39.7 Å². The molecule has 0 aliphatic rings. The van der Waals surface area contributed by atoms with Crippen molar-refractivity contribution in [1.29, 1.82) is 0 Å². The van der Waals surface area contributed by atoms with Crippen LogP contribution in [-0.2, 0) is 34.3 Å². The molecule has 1 heterocycles. The number of aliphatic hydroxyl groups excluding tert-OH is 1. The Bertz CT molecular complexity index is 1120. The Hall–Kier alpha value is -2.48. The average molecular weight is 573 g/mol. The molecule has 2 atom stereocenters. The number of amides is 1. The molecule has 3 N–H and O–H groups in total. The maximum atomic E-state index is 13.8. The number of aromatic nitrogens is 3. The summed E-state index contributed by atoms with van der Waals surface area (Å²) < 4.78 is 56.2. The Morgan fingerprint density at radius 1 is 1.13 bits per heavy atom. The number of halogens is 2. The van der Waals surface area contributed by atoms with Crippen molar-refractivity contribution < 1.29 is 27.1 Å². The zero-order valence-electron chi connectivity index (χ0n) is 23.2. The third-order valence-corrected chi connectivity index (χ3v) is 7.88. The minimum atomic E-state index is -3.64. The largest absolute Gasteiger partial charge is 0.390 e. The minimum absolute atomic E-state index is 0.0503. The number of nitrogens with one attached hydrogen (secondary N) is 2. The van der Waals surface area contributed by atoms with Gasteiger partial charge in [0.15, 0.2) is 0 Å². The van der Waals surface area contributed by atoms with E-state index in [9.17, 15) is 27.1 Å². The Morgan fingerprint density at radius 3 is 2.36 bits per heavy atom. The number of carbonyl (C=O) groups excluding carboxylic acids is 1. The van der Waals surface area contributed by atoms with E-state index in [1.807, 2.05) is 13.8 Å². The van der Waals surface area contributed by atoms with Gasteiger partial charge in [-0.15, -0.1) is 5.10 Å². The van der Waals surface area contributed by atoms with Gasteiger partial charge in [0, 0.05) is 45.2 Å². The van der Waals surface area contributed by atoms with Crippen LogP contribution >= 0.6 is 0 Å². The highest BCUT2D eigenvalue weighted by molar-refractivity contribution is 7.89. The van der Waals surface area contributed by atoms with E-state index >= 15 is 0 Å². The lowest BCUT2D eigenvalue weighted by atomic mass is 10.0. The van der Waals surface area contributed by atoms with Crippen molar-refractivity contribution in [3.05, 3.63) is 47.3 Å². The summed E-state index contributed by atoms with van der Waals surface area (Å²) in [7, 11) is -3.64. The van der Waals surface area contributed by atoms with E-state index in [0.29, 0.717) is 44.9 Å². The molecule has 0 radical (unpaired) electrons.